The fourth-order valence-electron chi connectivity index (χ4n) is 2.51. The molecule has 1 aliphatic rings. The number of ether oxygens (including phenoxy) is 1. The molecule has 1 rings (SSSR count). The van der Waals surface area contributed by atoms with Gasteiger partial charge in [-0.2, -0.15) is 0 Å². The van der Waals surface area contributed by atoms with Crippen molar-refractivity contribution in [2.24, 2.45) is 11.7 Å². The zero-order valence-electron chi connectivity index (χ0n) is 11.3. The highest BCUT2D eigenvalue weighted by molar-refractivity contribution is 5.81. The molecule has 1 unspecified atom stereocenters. The molecule has 0 radical (unpaired) electrons. The smallest absolute Gasteiger partial charge is 0.253 e. The van der Waals surface area contributed by atoms with Crippen molar-refractivity contribution in [3.8, 4) is 0 Å². The van der Waals surface area contributed by atoms with E-state index in [0.717, 1.165) is 19.4 Å². The molecule has 17 heavy (non-hydrogen) atoms. The van der Waals surface area contributed by atoms with Gasteiger partial charge in [0.15, 0.2) is 0 Å². The first-order valence-electron chi connectivity index (χ1n) is 6.63. The van der Waals surface area contributed by atoms with E-state index in [0.29, 0.717) is 12.0 Å². The fraction of sp³-hybridized carbons (Fsp3) is 0.923. The molecule has 0 saturated heterocycles. The van der Waals surface area contributed by atoms with Crippen LogP contribution in [0.4, 0.5) is 0 Å². The van der Waals surface area contributed by atoms with Crippen LogP contribution in [-0.4, -0.2) is 43.2 Å². The lowest BCUT2D eigenvalue weighted by Crippen LogP contribution is -2.49. The average Bonchev–Trinajstić information content (AvgIpc) is 2.80. The van der Waals surface area contributed by atoms with E-state index in [2.05, 4.69) is 13.8 Å². The Morgan fingerprint density at radius 2 is 2.00 bits per heavy atom. The van der Waals surface area contributed by atoms with Gasteiger partial charge in [0.25, 0.3) is 5.91 Å². The van der Waals surface area contributed by atoms with Gasteiger partial charge in [0.2, 0.25) is 0 Å². The van der Waals surface area contributed by atoms with Crippen LogP contribution in [0.3, 0.4) is 0 Å². The van der Waals surface area contributed by atoms with Crippen molar-refractivity contribution >= 4 is 5.91 Å². The maximum absolute atomic E-state index is 12.3. The van der Waals surface area contributed by atoms with Crippen molar-refractivity contribution in [1.29, 1.82) is 0 Å². The maximum atomic E-state index is 12.3. The van der Waals surface area contributed by atoms with Gasteiger partial charge >= 0.3 is 0 Å². The van der Waals surface area contributed by atoms with Crippen LogP contribution in [0.15, 0.2) is 0 Å². The number of amides is 1. The predicted molar refractivity (Wildman–Crippen MR) is 68.7 cm³/mol. The molecular weight excluding hydrogens is 216 g/mol. The molecule has 0 aromatic heterocycles. The lowest BCUT2D eigenvalue weighted by Gasteiger charge is -2.33. The van der Waals surface area contributed by atoms with Crippen LogP contribution in [-0.2, 0) is 9.53 Å². The van der Waals surface area contributed by atoms with E-state index in [-0.39, 0.29) is 12.5 Å². The van der Waals surface area contributed by atoms with Gasteiger partial charge in [-0.15, -0.1) is 0 Å². The topological polar surface area (TPSA) is 55.6 Å². The van der Waals surface area contributed by atoms with Crippen LogP contribution < -0.4 is 5.73 Å². The molecule has 0 spiro atoms. The Bertz CT molecular complexity index is 234. The number of carbonyl (C=O) groups excluding carboxylic acids is 1. The average molecular weight is 242 g/mol. The molecule has 1 fully saturated rings. The van der Waals surface area contributed by atoms with E-state index >= 15 is 0 Å². The van der Waals surface area contributed by atoms with E-state index in [4.69, 9.17) is 10.5 Å². The zero-order chi connectivity index (χ0) is 12.8. The summed E-state index contributed by atoms with van der Waals surface area (Å²) in [5.74, 6) is 0.547. The van der Waals surface area contributed by atoms with Crippen molar-refractivity contribution in [2.75, 3.05) is 20.2 Å². The zero-order valence-corrected chi connectivity index (χ0v) is 11.3. The predicted octanol–water partition coefficient (Wildman–Crippen LogP) is 1.39. The minimum absolute atomic E-state index is 0.0654. The molecule has 1 atom stereocenters. The molecule has 1 aliphatic carbocycles. The highest BCUT2D eigenvalue weighted by Crippen LogP contribution is 2.25. The molecule has 1 amide bonds. The highest BCUT2D eigenvalue weighted by atomic mass is 16.5. The summed E-state index contributed by atoms with van der Waals surface area (Å²) in [7, 11) is 1.55. The fourth-order valence-corrected chi connectivity index (χ4v) is 2.51. The standard InChI is InChI=1S/C13H26N2O2/c1-10(2)9-15(11-6-4-5-7-11)13(16)12(8-14)17-3/h10-12H,4-9,14H2,1-3H3. The van der Waals surface area contributed by atoms with E-state index in [9.17, 15) is 4.79 Å². The molecule has 2 N–H and O–H groups in total. The minimum atomic E-state index is -0.477. The highest BCUT2D eigenvalue weighted by Gasteiger charge is 2.31. The number of hydrogen-bond acceptors (Lipinski definition) is 3. The lowest BCUT2D eigenvalue weighted by atomic mass is 10.1. The summed E-state index contributed by atoms with van der Waals surface area (Å²) in [6.07, 6.45) is 4.23. The second kappa shape index (κ2) is 6.97. The monoisotopic (exact) mass is 242 g/mol. The van der Waals surface area contributed by atoms with Gasteiger partial charge in [0.05, 0.1) is 0 Å². The number of methoxy groups -OCH3 is 1. The molecule has 0 heterocycles. The van der Waals surface area contributed by atoms with Crippen LogP contribution in [0.1, 0.15) is 39.5 Å². The first-order chi connectivity index (χ1) is 8.10. The van der Waals surface area contributed by atoms with Gasteiger partial charge in [0, 0.05) is 26.2 Å². The summed E-state index contributed by atoms with van der Waals surface area (Å²) >= 11 is 0. The molecule has 0 aromatic rings. The number of nitrogens with two attached hydrogens (primary N) is 1. The van der Waals surface area contributed by atoms with Crippen LogP contribution in [0.5, 0.6) is 0 Å². The van der Waals surface area contributed by atoms with Crippen molar-refractivity contribution in [3.05, 3.63) is 0 Å². The van der Waals surface area contributed by atoms with E-state index in [1.807, 2.05) is 4.90 Å². The molecular formula is C13H26N2O2. The molecule has 0 aliphatic heterocycles. The summed E-state index contributed by atoms with van der Waals surface area (Å²) < 4.78 is 5.17. The third kappa shape index (κ3) is 3.96. The third-order valence-corrected chi connectivity index (χ3v) is 3.38. The third-order valence-electron chi connectivity index (χ3n) is 3.38. The van der Waals surface area contributed by atoms with E-state index in [1.54, 1.807) is 7.11 Å². The Labute approximate surface area is 104 Å². The van der Waals surface area contributed by atoms with Gasteiger partial charge in [0.1, 0.15) is 6.10 Å². The quantitative estimate of drug-likeness (QED) is 0.765. The first kappa shape index (κ1) is 14.5. The summed E-state index contributed by atoms with van der Waals surface area (Å²) in [4.78, 5) is 14.3. The molecule has 4 heteroatoms. The van der Waals surface area contributed by atoms with Crippen molar-refractivity contribution in [3.63, 3.8) is 0 Å². The van der Waals surface area contributed by atoms with Gasteiger partial charge in [-0.3, -0.25) is 4.79 Å². The van der Waals surface area contributed by atoms with Crippen LogP contribution >= 0.6 is 0 Å². The van der Waals surface area contributed by atoms with Crippen molar-refractivity contribution < 1.29 is 9.53 Å². The number of nitrogens with zero attached hydrogens (tertiary/aromatic N) is 1. The second-order valence-electron chi connectivity index (χ2n) is 5.28. The molecule has 0 bridgehead atoms. The van der Waals surface area contributed by atoms with E-state index < -0.39 is 6.10 Å². The number of rotatable bonds is 6. The minimum Gasteiger partial charge on any atom is -0.370 e. The van der Waals surface area contributed by atoms with Crippen LogP contribution in [0.2, 0.25) is 0 Å². The molecule has 1 saturated carbocycles. The number of carbonyl (C=O) groups is 1. The maximum Gasteiger partial charge on any atom is 0.253 e. The van der Waals surface area contributed by atoms with Gasteiger partial charge in [-0.25, -0.2) is 0 Å². The van der Waals surface area contributed by atoms with Crippen LogP contribution in [0.25, 0.3) is 0 Å². The largest absolute Gasteiger partial charge is 0.370 e. The normalized spacial score (nSPS) is 18.6. The first-order valence-corrected chi connectivity index (χ1v) is 6.63. The Kier molecular flexibility index (Phi) is 5.92. The van der Waals surface area contributed by atoms with Crippen molar-refractivity contribution in [2.45, 2.75) is 51.7 Å². The Morgan fingerprint density at radius 3 is 2.41 bits per heavy atom. The second-order valence-corrected chi connectivity index (χ2v) is 5.28. The summed E-state index contributed by atoms with van der Waals surface area (Å²) in [5, 5.41) is 0. The summed E-state index contributed by atoms with van der Waals surface area (Å²) in [6.45, 7) is 5.35. The molecule has 4 nitrogen and oxygen atoms in total. The van der Waals surface area contributed by atoms with Crippen molar-refractivity contribution in [1.82, 2.24) is 4.90 Å². The van der Waals surface area contributed by atoms with Gasteiger partial charge < -0.3 is 15.4 Å². The SMILES string of the molecule is COC(CN)C(=O)N(CC(C)C)C1CCCC1. The van der Waals surface area contributed by atoms with Crippen LogP contribution in [0, 0.1) is 5.92 Å². The Balaban J connectivity index is 2.70. The Hall–Kier alpha value is -0.610. The van der Waals surface area contributed by atoms with Gasteiger partial charge in [-0.1, -0.05) is 26.7 Å². The molecule has 0 aromatic carbocycles. The van der Waals surface area contributed by atoms with E-state index in [1.165, 1.54) is 12.8 Å². The number of hydrogen-bond donors (Lipinski definition) is 1. The summed E-state index contributed by atoms with van der Waals surface area (Å²) in [6, 6.07) is 0.397. The lowest BCUT2D eigenvalue weighted by molar-refractivity contribution is -0.144. The Morgan fingerprint density at radius 1 is 1.41 bits per heavy atom. The van der Waals surface area contributed by atoms with Gasteiger partial charge in [-0.05, 0) is 18.8 Å². The molecule has 100 valence electrons. The summed E-state index contributed by atoms with van der Waals surface area (Å²) in [5.41, 5.74) is 5.58.